The van der Waals surface area contributed by atoms with Gasteiger partial charge in [-0.05, 0) is 30.2 Å². The molecular weight excluding hydrogens is 387 g/mol. The second-order valence-electron chi connectivity index (χ2n) is 6.22. The molecule has 7 heteroatoms. The van der Waals surface area contributed by atoms with Gasteiger partial charge in [-0.2, -0.15) is 0 Å². The smallest absolute Gasteiger partial charge is 0.296 e. The van der Waals surface area contributed by atoms with Gasteiger partial charge in [-0.15, -0.1) is 0 Å². The van der Waals surface area contributed by atoms with Gasteiger partial charge in [-0.3, -0.25) is 14.5 Å². The Morgan fingerprint density at radius 2 is 1.81 bits per heavy atom. The molecular formula is C20H14Cl2N2O3. The van der Waals surface area contributed by atoms with Crippen LogP contribution in [0.3, 0.4) is 0 Å². The van der Waals surface area contributed by atoms with Crippen molar-refractivity contribution in [3.8, 4) is 0 Å². The van der Waals surface area contributed by atoms with E-state index in [1.165, 1.54) is 12.1 Å². The highest BCUT2D eigenvalue weighted by molar-refractivity contribution is 6.40. The van der Waals surface area contributed by atoms with Crippen LogP contribution in [0.25, 0.3) is 16.5 Å². The van der Waals surface area contributed by atoms with E-state index < -0.39 is 17.6 Å². The lowest BCUT2D eigenvalue weighted by molar-refractivity contribution is -0.138. The van der Waals surface area contributed by atoms with Crippen LogP contribution in [0, 0.1) is 0 Å². The lowest BCUT2D eigenvalue weighted by Gasteiger charge is -2.14. The second kappa shape index (κ2) is 6.76. The number of carbonyl (C=O) groups excluding carboxylic acids is 2. The Balaban J connectivity index is 1.59. The third-order valence-electron chi connectivity index (χ3n) is 4.62. The van der Waals surface area contributed by atoms with E-state index in [4.69, 9.17) is 23.2 Å². The number of nitrogens with one attached hydrogen (secondary N) is 1. The quantitative estimate of drug-likeness (QED) is 0.639. The van der Waals surface area contributed by atoms with Crippen molar-refractivity contribution < 1.29 is 14.7 Å². The third-order valence-corrected chi connectivity index (χ3v) is 5.17. The summed E-state index contributed by atoms with van der Waals surface area (Å²) in [5, 5.41) is 11.9. The van der Waals surface area contributed by atoms with E-state index in [-0.39, 0.29) is 22.7 Å². The Kier molecular flexibility index (Phi) is 4.42. The average Bonchev–Trinajstić information content (AvgIpc) is 3.14. The lowest BCUT2D eigenvalue weighted by atomic mass is 10.1. The number of hydrogen-bond donors (Lipinski definition) is 2. The van der Waals surface area contributed by atoms with Gasteiger partial charge in [-0.1, -0.05) is 47.5 Å². The SMILES string of the molecule is O=C1C(O)=C(c2ccc(Cl)cc2Cl)C(=O)N1CCc1c[nH]c2ccccc12. The van der Waals surface area contributed by atoms with E-state index in [1.807, 2.05) is 30.5 Å². The van der Waals surface area contributed by atoms with Gasteiger partial charge in [0.05, 0.1) is 10.6 Å². The van der Waals surface area contributed by atoms with Gasteiger partial charge >= 0.3 is 0 Å². The number of rotatable bonds is 4. The summed E-state index contributed by atoms with van der Waals surface area (Å²) in [7, 11) is 0. The van der Waals surface area contributed by atoms with Crippen molar-refractivity contribution in [2.24, 2.45) is 0 Å². The molecule has 0 spiro atoms. The molecule has 3 aromatic rings. The van der Waals surface area contributed by atoms with Crippen LogP contribution in [0.15, 0.2) is 54.4 Å². The molecule has 0 unspecified atom stereocenters. The monoisotopic (exact) mass is 400 g/mol. The van der Waals surface area contributed by atoms with Gasteiger partial charge in [0.1, 0.15) is 0 Å². The molecule has 0 atom stereocenters. The highest BCUT2D eigenvalue weighted by Crippen LogP contribution is 2.34. The number of benzene rings is 2. The zero-order valence-electron chi connectivity index (χ0n) is 14.0. The molecule has 0 saturated carbocycles. The van der Waals surface area contributed by atoms with Gasteiger partial charge < -0.3 is 10.1 Å². The molecule has 2 heterocycles. The lowest BCUT2D eigenvalue weighted by Crippen LogP contribution is -2.33. The average molecular weight is 401 g/mol. The van der Waals surface area contributed by atoms with E-state index in [0.717, 1.165) is 21.4 Å². The van der Waals surface area contributed by atoms with Crippen LogP contribution in [0.4, 0.5) is 0 Å². The van der Waals surface area contributed by atoms with E-state index >= 15 is 0 Å². The predicted molar refractivity (Wildman–Crippen MR) is 105 cm³/mol. The molecule has 1 aliphatic heterocycles. The summed E-state index contributed by atoms with van der Waals surface area (Å²) in [4.78, 5) is 29.4. The van der Waals surface area contributed by atoms with Crippen LogP contribution in [0.5, 0.6) is 0 Å². The summed E-state index contributed by atoms with van der Waals surface area (Å²) >= 11 is 12.0. The minimum atomic E-state index is -0.721. The van der Waals surface area contributed by atoms with Crippen molar-refractivity contribution >= 4 is 51.5 Å². The van der Waals surface area contributed by atoms with Crippen molar-refractivity contribution in [1.29, 1.82) is 0 Å². The van der Waals surface area contributed by atoms with E-state index in [1.54, 1.807) is 6.07 Å². The zero-order valence-corrected chi connectivity index (χ0v) is 15.5. The first-order valence-electron chi connectivity index (χ1n) is 8.27. The molecule has 136 valence electrons. The Bertz CT molecular complexity index is 1120. The van der Waals surface area contributed by atoms with Crippen molar-refractivity contribution in [1.82, 2.24) is 9.88 Å². The second-order valence-corrected chi connectivity index (χ2v) is 7.06. The molecule has 1 aromatic heterocycles. The number of nitrogens with zero attached hydrogens (tertiary/aromatic N) is 1. The largest absolute Gasteiger partial charge is 0.502 e. The van der Waals surface area contributed by atoms with Crippen molar-refractivity contribution in [3.63, 3.8) is 0 Å². The van der Waals surface area contributed by atoms with Gasteiger partial charge in [0.2, 0.25) is 0 Å². The van der Waals surface area contributed by atoms with Crippen molar-refractivity contribution in [2.75, 3.05) is 6.54 Å². The molecule has 0 aliphatic carbocycles. The molecule has 2 aromatic carbocycles. The Morgan fingerprint density at radius 1 is 1.04 bits per heavy atom. The van der Waals surface area contributed by atoms with E-state index in [0.29, 0.717) is 11.4 Å². The number of aliphatic hydroxyl groups excluding tert-OH is 1. The topological polar surface area (TPSA) is 73.4 Å². The Hall–Kier alpha value is -2.76. The number of H-pyrrole nitrogens is 1. The number of aliphatic hydroxyl groups is 1. The first-order chi connectivity index (χ1) is 13.0. The summed E-state index contributed by atoms with van der Waals surface area (Å²) < 4.78 is 0. The number of aromatic amines is 1. The highest BCUT2D eigenvalue weighted by atomic mass is 35.5. The van der Waals surface area contributed by atoms with Gasteiger partial charge in [0, 0.05) is 34.2 Å². The van der Waals surface area contributed by atoms with Crippen LogP contribution in [-0.2, 0) is 16.0 Å². The molecule has 27 heavy (non-hydrogen) atoms. The summed E-state index contributed by atoms with van der Waals surface area (Å²) in [5.41, 5.74) is 2.16. The zero-order chi connectivity index (χ0) is 19.1. The maximum Gasteiger partial charge on any atom is 0.296 e. The minimum Gasteiger partial charge on any atom is -0.502 e. The van der Waals surface area contributed by atoms with Crippen LogP contribution in [0.2, 0.25) is 10.0 Å². The third kappa shape index (κ3) is 2.99. The number of aromatic nitrogens is 1. The highest BCUT2D eigenvalue weighted by Gasteiger charge is 2.39. The van der Waals surface area contributed by atoms with Gasteiger partial charge in [-0.25, -0.2) is 0 Å². The first-order valence-corrected chi connectivity index (χ1v) is 9.03. The number of imide groups is 1. The standard InChI is InChI=1S/C20H14Cl2N2O3/c21-12-5-6-14(15(22)9-12)17-18(25)20(27)24(19(17)26)8-7-11-10-23-16-4-2-1-3-13(11)16/h1-6,9-10,23,25H,7-8H2. The molecule has 0 fully saturated rings. The maximum atomic E-state index is 12.8. The Morgan fingerprint density at radius 3 is 2.59 bits per heavy atom. The number of amides is 2. The number of hydrogen-bond acceptors (Lipinski definition) is 3. The predicted octanol–water partition coefficient (Wildman–Crippen LogP) is 4.36. The van der Waals surface area contributed by atoms with Crippen LogP contribution >= 0.6 is 23.2 Å². The minimum absolute atomic E-state index is 0.0967. The maximum absolute atomic E-state index is 12.8. The summed E-state index contributed by atoms with van der Waals surface area (Å²) in [6, 6.07) is 12.3. The molecule has 1 aliphatic rings. The van der Waals surface area contributed by atoms with Crippen LogP contribution in [0.1, 0.15) is 11.1 Å². The fourth-order valence-corrected chi connectivity index (χ4v) is 3.78. The summed E-state index contributed by atoms with van der Waals surface area (Å²) in [6.45, 7) is 0.151. The first kappa shape index (κ1) is 17.6. The van der Waals surface area contributed by atoms with Gasteiger partial charge in [0.25, 0.3) is 11.8 Å². The fraction of sp³-hybridized carbons (Fsp3) is 0.100. The summed E-state index contributed by atoms with van der Waals surface area (Å²) in [5.74, 6) is -1.88. The molecule has 2 amide bonds. The summed E-state index contributed by atoms with van der Waals surface area (Å²) in [6.07, 6.45) is 2.33. The molecule has 0 radical (unpaired) electrons. The molecule has 5 nitrogen and oxygen atoms in total. The van der Waals surface area contributed by atoms with Crippen molar-refractivity contribution in [3.05, 3.63) is 75.6 Å². The fourth-order valence-electron chi connectivity index (χ4n) is 3.27. The van der Waals surface area contributed by atoms with E-state index in [2.05, 4.69) is 4.98 Å². The van der Waals surface area contributed by atoms with Gasteiger partial charge in [0.15, 0.2) is 5.76 Å². The number of carbonyl (C=O) groups is 2. The number of para-hydroxylation sites is 1. The molecule has 0 saturated heterocycles. The van der Waals surface area contributed by atoms with Crippen LogP contribution in [-0.4, -0.2) is 33.3 Å². The van der Waals surface area contributed by atoms with Crippen LogP contribution < -0.4 is 0 Å². The molecule has 0 bridgehead atoms. The Labute approximate surface area is 164 Å². The molecule has 4 rings (SSSR count). The number of halogens is 2. The normalized spacial score (nSPS) is 14.7. The van der Waals surface area contributed by atoms with Crippen molar-refractivity contribution in [2.45, 2.75) is 6.42 Å². The molecule has 2 N–H and O–H groups in total. The number of fused-ring (bicyclic) bond motifs is 1. The van der Waals surface area contributed by atoms with E-state index in [9.17, 15) is 14.7 Å².